The van der Waals surface area contributed by atoms with E-state index in [1.165, 1.54) is 25.3 Å². The van der Waals surface area contributed by atoms with Gasteiger partial charge in [-0.15, -0.1) is 4.83 Å². The number of aromatic nitrogens is 2. The van der Waals surface area contributed by atoms with Crippen LogP contribution in [0.25, 0.3) is 5.69 Å². The summed E-state index contributed by atoms with van der Waals surface area (Å²) >= 11 is 0. The van der Waals surface area contributed by atoms with E-state index in [2.05, 4.69) is 15.4 Å². The molecule has 0 fully saturated rings. The van der Waals surface area contributed by atoms with Gasteiger partial charge in [0.2, 0.25) is 0 Å². The Hall–Kier alpha value is -3.17. The SMILES string of the molecule is COc1cc(C(=O)NNS(=O)(=O)c2ccccc2)cc(-n2cccn2)c1. The second-order valence-corrected chi connectivity index (χ2v) is 6.93. The number of hydrogen-bond donors (Lipinski definition) is 2. The minimum Gasteiger partial charge on any atom is -0.497 e. The molecule has 0 aliphatic heterocycles. The molecule has 0 unspecified atom stereocenters. The van der Waals surface area contributed by atoms with E-state index in [1.54, 1.807) is 53.5 Å². The van der Waals surface area contributed by atoms with E-state index in [1.807, 2.05) is 0 Å². The van der Waals surface area contributed by atoms with Gasteiger partial charge in [0, 0.05) is 24.0 Å². The van der Waals surface area contributed by atoms with Crippen LogP contribution >= 0.6 is 0 Å². The molecule has 9 heteroatoms. The number of carbonyl (C=O) groups excluding carboxylic acids is 1. The van der Waals surface area contributed by atoms with Crippen LogP contribution in [0.2, 0.25) is 0 Å². The minimum atomic E-state index is -3.86. The van der Waals surface area contributed by atoms with E-state index in [4.69, 9.17) is 4.74 Å². The summed E-state index contributed by atoms with van der Waals surface area (Å²) in [6.07, 6.45) is 3.32. The molecule has 0 atom stereocenters. The molecule has 1 aromatic heterocycles. The lowest BCUT2D eigenvalue weighted by Crippen LogP contribution is -2.41. The normalized spacial score (nSPS) is 11.1. The number of hydrogen-bond acceptors (Lipinski definition) is 5. The van der Waals surface area contributed by atoms with Crippen LogP contribution in [-0.2, 0) is 10.0 Å². The number of benzene rings is 2. The molecule has 3 aromatic rings. The van der Waals surface area contributed by atoms with E-state index >= 15 is 0 Å². The van der Waals surface area contributed by atoms with Crippen LogP contribution in [0.3, 0.4) is 0 Å². The fourth-order valence-electron chi connectivity index (χ4n) is 2.23. The standard InChI is InChI=1S/C17H16N4O4S/c1-25-15-11-13(10-14(12-15)21-9-5-8-18-21)17(22)19-20-26(23,24)16-6-3-2-4-7-16/h2-12,20H,1H3,(H,19,22). The molecule has 3 rings (SSSR count). The Morgan fingerprint density at radius 3 is 2.54 bits per heavy atom. The molecular weight excluding hydrogens is 356 g/mol. The van der Waals surface area contributed by atoms with Gasteiger partial charge in [0.25, 0.3) is 15.9 Å². The number of hydrazine groups is 1. The number of sulfonamides is 1. The molecule has 0 spiro atoms. The Labute approximate surface area is 150 Å². The summed E-state index contributed by atoms with van der Waals surface area (Å²) in [5.74, 6) is -0.189. The van der Waals surface area contributed by atoms with Gasteiger partial charge in [-0.3, -0.25) is 10.2 Å². The highest BCUT2D eigenvalue weighted by atomic mass is 32.2. The van der Waals surface area contributed by atoms with Crippen molar-refractivity contribution >= 4 is 15.9 Å². The Kier molecular flexibility index (Phi) is 5.01. The first-order chi connectivity index (χ1) is 12.5. The highest BCUT2D eigenvalue weighted by molar-refractivity contribution is 7.89. The third-order valence-electron chi connectivity index (χ3n) is 3.51. The number of nitrogens with one attached hydrogen (secondary N) is 2. The monoisotopic (exact) mass is 372 g/mol. The van der Waals surface area contributed by atoms with Gasteiger partial charge in [-0.25, -0.2) is 13.1 Å². The first-order valence-electron chi connectivity index (χ1n) is 7.56. The van der Waals surface area contributed by atoms with Crippen LogP contribution in [0, 0.1) is 0 Å². The first-order valence-corrected chi connectivity index (χ1v) is 9.04. The Bertz CT molecular complexity index is 1000. The smallest absolute Gasteiger partial charge is 0.266 e. The van der Waals surface area contributed by atoms with E-state index in [0.29, 0.717) is 11.4 Å². The molecule has 26 heavy (non-hydrogen) atoms. The molecule has 0 saturated carbocycles. The summed E-state index contributed by atoms with van der Waals surface area (Å²) < 4.78 is 31.1. The molecule has 8 nitrogen and oxygen atoms in total. The van der Waals surface area contributed by atoms with Gasteiger partial charge < -0.3 is 4.74 Å². The van der Waals surface area contributed by atoms with Gasteiger partial charge in [0.05, 0.1) is 17.7 Å². The van der Waals surface area contributed by atoms with Crippen LogP contribution in [0.15, 0.2) is 71.9 Å². The van der Waals surface area contributed by atoms with Crippen molar-refractivity contribution in [3.8, 4) is 11.4 Å². The maximum Gasteiger partial charge on any atom is 0.266 e. The average Bonchev–Trinajstić information content (AvgIpc) is 3.21. The van der Waals surface area contributed by atoms with Crippen LogP contribution in [-0.4, -0.2) is 31.2 Å². The lowest BCUT2D eigenvalue weighted by Gasteiger charge is -2.11. The molecular formula is C17H16N4O4S. The number of nitrogens with zero attached hydrogens (tertiary/aromatic N) is 2. The number of methoxy groups -OCH3 is 1. The highest BCUT2D eigenvalue weighted by Gasteiger charge is 2.16. The minimum absolute atomic E-state index is 0.0446. The molecule has 2 N–H and O–H groups in total. The maximum absolute atomic E-state index is 12.4. The molecule has 1 heterocycles. The number of ether oxygens (including phenoxy) is 1. The number of amides is 1. The maximum atomic E-state index is 12.4. The van der Waals surface area contributed by atoms with Crippen molar-refractivity contribution < 1.29 is 17.9 Å². The summed E-state index contributed by atoms with van der Waals surface area (Å²) in [4.78, 5) is 14.5. The van der Waals surface area contributed by atoms with E-state index < -0.39 is 15.9 Å². The summed E-state index contributed by atoms with van der Waals surface area (Å²) in [6.45, 7) is 0. The number of rotatable bonds is 6. The summed E-state index contributed by atoms with van der Waals surface area (Å²) in [5.41, 5.74) is 3.02. The summed E-state index contributed by atoms with van der Waals surface area (Å²) in [7, 11) is -2.39. The average molecular weight is 372 g/mol. The fourth-order valence-corrected chi connectivity index (χ4v) is 3.09. The lowest BCUT2D eigenvalue weighted by atomic mass is 10.2. The highest BCUT2D eigenvalue weighted by Crippen LogP contribution is 2.19. The van der Waals surface area contributed by atoms with Gasteiger partial charge in [0.15, 0.2) is 0 Å². The van der Waals surface area contributed by atoms with Gasteiger partial charge in [-0.2, -0.15) is 5.10 Å². The van der Waals surface area contributed by atoms with Gasteiger partial charge in [-0.1, -0.05) is 18.2 Å². The molecule has 0 bridgehead atoms. The summed E-state index contributed by atoms with van der Waals surface area (Å²) in [6, 6.07) is 14.3. The molecule has 1 amide bonds. The topological polar surface area (TPSA) is 102 Å². The molecule has 0 radical (unpaired) electrons. The van der Waals surface area contributed by atoms with Crippen LogP contribution in [0.5, 0.6) is 5.75 Å². The van der Waals surface area contributed by atoms with Crippen molar-refractivity contribution in [1.82, 2.24) is 20.0 Å². The second-order valence-electron chi connectivity index (χ2n) is 5.24. The van der Waals surface area contributed by atoms with Crippen molar-refractivity contribution in [2.24, 2.45) is 0 Å². The zero-order valence-corrected chi connectivity index (χ0v) is 14.6. The predicted octanol–water partition coefficient (Wildman–Crippen LogP) is 1.50. The Balaban J connectivity index is 1.81. The molecule has 2 aromatic carbocycles. The number of carbonyl (C=O) groups is 1. The first kappa shape index (κ1) is 17.6. The third-order valence-corrected chi connectivity index (χ3v) is 4.77. The van der Waals surface area contributed by atoms with Crippen LogP contribution in [0.1, 0.15) is 10.4 Å². The summed E-state index contributed by atoms with van der Waals surface area (Å²) in [5, 5.41) is 4.11. The quantitative estimate of drug-likeness (QED) is 0.639. The molecule has 0 saturated heterocycles. The Morgan fingerprint density at radius 1 is 1.12 bits per heavy atom. The molecule has 0 aliphatic rings. The zero-order valence-electron chi connectivity index (χ0n) is 13.8. The van der Waals surface area contributed by atoms with Gasteiger partial charge >= 0.3 is 0 Å². The van der Waals surface area contributed by atoms with Crippen molar-refractivity contribution in [2.75, 3.05) is 7.11 Å². The zero-order chi connectivity index (χ0) is 18.6. The van der Waals surface area contributed by atoms with E-state index in [0.717, 1.165) is 0 Å². The lowest BCUT2D eigenvalue weighted by molar-refractivity contribution is 0.0944. The van der Waals surface area contributed by atoms with Gasteiger partial charge in [-0.05, 0) is 30.3 Å². The largest absolute Gasteiger partial charge is 0.497 e. The van der Waals surface area contributed by atoms with E-state index in [-0.39, 0.29) is 10.5 Å². The second kappa shape index (κ2) is 7.38. The van der Waals surface area contributed by atoms with Crippen molar-refractivity contribution in [3.63, 3.8) is 0 Å². The van der Waals surface area contributed by atoms with E-state index in [9.17, 15) is 13.2 Å². The molecule has 0 aliphatic carbocycles. The van der Waals surface area contributed by atoms with Crippen molar-refractivity contribution in [1.29, 1.82) is 0 Å². The third kappa shape index (κ3) is 3.90. The van der Waals surface area contributed by atoms with Crippen LogP contribution < -0.4 is 15.0 Å². The van der Waals surface area contributed by atoms with Crippen LogP contribution in [0.4, 0.5) is 0 Å². The van der Waals surface area contributed by atoms with Gasteiger partial charge in [0.1, 0.15) is 5.75 Å². The fraction of sp³-hybridized carbons (Fsp3) is 0.0588. The Morgan fingerprint density at radius 2 is 1.88 bits per heavy atom. The van der Waals surface area contributed by atoms with Crippen molar-refractivity contribution in [3.05, 3.63) is 72.6 Å². The van der Waals surface area contributed by atoms with Crippen molar-refractivity contribution in [2.45, 2.75) is 4.90 Å². The predicted molar refractivity (Wildman–Crippen MR) is 94.3 cm³/mol. The molecule has 134 valence electrons.